The highest BCUT2D eigenvalue weighted by atomic mass is 15.0. The second-order valence-electron chi connectivity index (χ2n) is 4.51. The van der Waals surface area contributed by atoms with E-state index in [-0.39, 0.29) is 0 Å². The summed E-state index contributed by atoms with van der Waals surface area (Å²) in [5.41, 5.74) is 2.65. The first-order valence-electron chi connectivity index (χ1n) is 6.26. The summed E-state index contributed by atoms with van der Waals surface area (Å²) in [6.45, 7) is 2.06. The molecule has 2 heterocycles. The lowest BCUT2D eigenvalue weighted by Crippen LogP contribution is -1.97. The molecule has 0 amide bonds. The first-order valence-corrected chi connectivity index (χ1v) is 6.26. The van der Waals surface area contributed by atoms with Crippen LogP contribution < -0.4 is 5.32 Å². The molecule has 0 saturated carbocycles. The van der Waals surface area contributed by atoms with E-state index in [1.165, 1.54) is 6.20 Å². The number of nitrogens with zero attached hydrogens (tertiary/aromatic N) is 3. The molecule has 1 aromatic carbocycles. The summed E-state index contributed by atoms with van der Waals surface area (Å²) in [6, 6.07) is 15.5. The molecule has 0 atom stereocenters. The fourth-order valence-electron chi connectivity index (χ4n) is 2.08. The van der Waals surface area contributed by atoms with E-state index in [0.29, 0.717) is 11.4 Å². The Labute approximate surface area is 116 Å². The third-order valence-corrected chi connectivity index (χ3v) is 3.07. The number of aryl methyl sites for hydroxylation is 1. The second kappa shape index (κ2) is 4.98. The molecule has 0 radical (unpaired) electrons. The van der Waals surface area contributed by atoms with Gasteiger partial charge < -0.3 is 5.32 Å². The van der Waals surface area contributed by atoms with E-state index in [9.17, 15) is 0 Å². The molecule has 4 heteroatoms. The molecular formula is C16H12N4. The van der Waals surface area contributed by atoms with Crippen molar-refractivity contribution in [3.63, 3.8) is 0 Å². The summed E-state index contributed by atoms with van der Waals surface area (Å²) in [7, 11) is 0. The van der Waals surface area contributed by atoms with E-state index < -0.39 is 0 Å². The van der Waals surface area contributed by atoms with Crippen molar-refractivity contribution in [2.24, 2.45) is 0 Å². The van der Waals surface area contributed by atoms with Crippen LogP contribution in [0.25, 0.3) is 10.9 Å². The Bertz CT molecular complexity index is 801. The number of hydrogen-bond donors (Lipinski definition) is 1. The molecular weight excluding hydrogens is 248 g/mol. The smallest absolute Gasteiger partial charge is 0.132 e. The molecule has 0 unspecified atom stereocenters. The number of aromatic nitrogens is 2. The minimum atomic E-state index is 0.540. The SMILES string of the molecule is Cc1cc(Nc2ccc(C#N)cn2)nc2ccccc12. The summed E-state index contributed by atoms with van der Waals surface area (Å²) in [4.78, 5) is 8.74. The predicted octanol–water partition coefficient (Wildman–Crippen LogP) is 3.55. The minimum Gasteiger partial charge on any atom is -0.325 e. The number of anilines is 2. The molecule has 4 nitrogen and oxygen atoms in total. The van der Waals surface area contributed by atoms with E-state index in [4.69, 9.17) is 5.26 Å². The zero-order chi connectivity index (χ0) is 13.9. The predicted molar refractivity (Wildman–Crippen MR) is 78.7 cm³/mol. The Kier molecular flexibility index (Phi) is 3.02. The Morgan fingerprint density at radius 2 is 1.95 bits per heavy atom. The summed E-state index contributed by atoms with van der Waals surface area (Å²) in [6.07, 6.45) is 1.54. The van der Waals surface area contributed by atoms with Gasteiger partial charge in [0, 0.05) is 11.6 Å². The fraction of sp³-hybridized carbons (Fsp3) is 0.0625. The number of hydrogen-bond acceptors (Lipinski definition) is 4. The number of nitriles is 1. The van der Waals surface area contributed by atoms with Crippen LogP contribution in [-0.2, 0) is 0 Å². The van der Waals surface area contributed by atoms with E-state index >= 15 is 0 Å². The summed E-state index contributed by atoms with van der Waals surface area (Å²) < 4.78 is 0. The van der Waals surface area contributed by atoms with Gasteiger partial charge in [-0.25, -0.2) is 9.97 Å². The maximum Gasteiger partial charge on any atom is 0.132 e. The van der Waals surface area contributed by atoms with Crippen molar-refractivity contribution >= 4 is 22.5 Å². The molecule has 0 fully saturated rings. The van der Waals surface area contributed by atoms with Gasteiger partial charge in [0.05, 0.1) is 11.1 Å². The molecule has 3 aromatic rings. The van der Waals surface area contributed by atoms with Crippen molar-refractivity contribution in [2.75, 3.05) is 5.32 Å². The molecule has 0 aliphatic rings. The molecule has 0 aliphatic carbocycles. The van der Waals surface area contributed by atoms with Crippen LogP contribution in [0.2, 0.25) is 0 Å². The highest BCUT2D eigenvalue weighted by Gasteiger charge is 2.03. The number of fused-ring (bicyclic) bond motifs is 1. The maximum atomic E-state index is 8.75. The molecule has 0 saturated heterocycles. The van der Waals surface area contributed by atoms with Gasteiger partial charge in [-0.1, -0.05) is 18.2 Å². The quantitative estimate of drug-likeness (QED) is 0.765. The first-order chi connectivity index (χ1) is 9.76. The molecule has 1 N–H and O–H groups in total. The van der Waals surface area contributed by atoms with Crippen molar-refractivity contribution in [1.29, 1.82) is 5.26 Å². The van der Waals surface area contributed by atoms with E-state index in [1.54, 1.807) is 12.1 Å². The Morgan fingerprint density at radius 1 is 1.10 bits per heavy atom. The second-order valence-corrected chi connectivity index (χ2v) is 4.51. The molecule has 0 bridgehead atoms. The Balaban J connectivity index is 1.96. The number of benzene rings is 1. The van der Waals surface area contributed by atoms with Gasteiger partial charge in [0.15, 0.2) is 0 Å². The molecule has 3 rings (SSSR count). The van der Waals surface area contributed by atoms with Gasteiger partial charge in [0.2, 0.25) is 0 Å². The van der Waals surface area contributed by atoms with E-state index in [1.807, 2.05) is 30.3 Å². The number of pyridine rings is 2. The van der Waals surface area contributed by atoms with Crippen LogP contribution >= 0.6 is 0 Å². The maximum absolute atomic E-state index is 8.75. The van der Waals surface area contributed by atoms with Crippen LogP contribution in [0.4, 0.5) is 11.6 Å². The highest BCUT2D eigenvalue weighted by molar-refractivity contribution is 5.84. The number of rotatable bonds is 2. The number of para-hydroxylation sites is 1. The summed E-state index contributed by atoms with van der Waals surface area (Å²) >= 11 is 0. The van der Waals surface area contributed by atoms with Crippen LogP contribution in [0, 0.1) is 18.3 Å². The largest absolute Gasteiger partial charge is 0.325 e. The molecule has 20 heavy (non-hydrogen) atoms. The third kappa shape index (κ3) is 2.29. The van der Waals surface area contributed by atoms with E-state index in [0.717, 1.165) is 22.3 Å². The minimum absolute atomic E-state index is 0.540. The van der Waals surface area contributed by atoms with Crippen LogP contribution in [-0.4, -0.2) is 9.97 Å². The summed E-state index contributed by atoms with van der Waals surface area (Å²) in [5.74, 6) is 1.42. The van der Waals surface area contributed by atoms with Crippen molar-refractivity contribution in [2.45, 2.75) is 6.92 Å². The fourth-order valence-corrected chi connectivity index (χ4v) is 2.08. The monoisotopic (exact) mass is 260 g/mol. The van der Waals surface area contributed by atoms with Gasteiger partial charge in [-0.05, 0) is 36.8 Å². The van der Waals surface area contributed by atoms with Gasteiger partial charge >= 0.3 is 0 Å². The summed E-state index contributed by atoms with van der Waals surface area (Å²) in [5, 5.41) is 13.1. The zero-order valence-corrected chi connectivity index (χ0v) is 11.0. The zero-order valence-electron chi connectivity index (χ0n) is 11.0. The lowest BCUT2D eigenvalue weighted by atomic mass is 10.1. The lowest BCUT2D eigenvalue weighted by molar-refractivity contribution is 1.26. The van der Waals surface area contributed by atoms with Crippen molar-refractivity contribution < 1.29 is 0 Å². The van der Waals surface area contributed by atoms with Crippen LogP contribution in [0.15, 0.2) is 48.7 Å². The van der Waals surface area contributed by atoms with Crippen LogP contribution in [0.5, 0.6) is 0 Å². The van der Waals surface area contributed by atoms with Crippen molar-refractivity contribution in [3.8, 4) is 6.07 Å². The lowest BCUT2D eigenvalue weighted by Gasteiger charge is -2.08. The molecule has 0 aliphatic heterocycles. The van der Waals surface area contributed by atoms with Crippen LogP contribution in [0.3, 0.4) is 0 Å². The van der Waals surface area contributed by atoms with Gasteiger partial charge in [0.25, 0.3) is 0 Å². The topological polar surface area (TPSA) is 61.6 Å². The average Bonchev–Trinajstić information content (AvgIpc) is 2.48. The standard InChI is InChI=1S/C16H12N4/c1-11-8-16(19-14-5-3-2-4-13(11)14)20-15-7-6-12(9-17)10-18-15/h2-8,10H,1H3,(H,18,19,20). The molecule has 96 valence electrons. The van der Waals surface area contributed by atoms with Gasteiger partial charge in [-0.15, -0.1) is 0 Å². The van der Waals surface area contributed by atoms with Crippen molar-refractivity contribution in [1.82, 2.24) is 9.97 Å². The number of nitrogens with one attached hydrogen (secondary N) is 1. The molecule has 0 spiro atoms. The third-order valence-electron chi connectivity index (χ3n) is 3.07. The first kappa shape index (κ1) is 12.1. The van der Waals surface area contributed by atoms with Gasteiger partial charge in [-0.3, -0.25) is 0 Å². The molecule has 2 aromatic heterocycles. The van der Waals surface area contributed by atoms with E-state index in [2.05, 4.69) is 28.3 Å². The highest BCUT2D eigenvalue weighted by Crippen LogP contribution is 2.21. The Hall–Kier alpha value is -2.93. The van der Waals surface area contributed by atoms with Gasteiger partial charge in [0.1, 0.15) is 17.7 Å². The van der Waals surface area contributed by atoms with Gasteiger partial charge in [-0.2, -0.15) is 5.26 Å². The average molecular weight is 260 g/mol. The normalized spacial score (nSPS) is 10.2. The van der Waals surface area contributed by atoms with Crippen molar-refractivity contribution in [3.05, 3.63) is 59.8 Å². The van der Waals surface area contributed by atoms with Crippen LogP contribution in [0.1, 0.15) is 11.1 Å². The Morgan fingerprint density at radius 3 is 2.70 bits per heavy atom.